The number of hydrogen-bond donors (Lipinski definition) is 0. The summed E-state index contributed by atoms with van der Waals surface area (Å²) in [6, 6.07) is 61.2. The van der Waals surface area contributed by atoms with Crippen molar-refractivity contribution in [1.82, 2.24) is 0 Å². The Hall–Kier alpha value is -5.08. The first-order valence-electron chi connectivity index (χ1n) is 22.7. The van der Waals surface area contributed by atoms with Crippen LogP contribution in [0.2, 0.25) is 0 Å². The van der Waals surface area contributed by atoms with Crippen molar-refractivity contribution in [3.63, 3.8) is 0 Å². The third-order valence-corrected chi connectivity index (χ3v) is 37.5. The zero-order chi connectivity index (χ0) is 44.1. The van der Waals surface area contributed by atoms with Crippen molar-refractivity contribution >= 4 is 63.5 Å². The molecule has 8 aromatic rings. The molecule has 1 aliphatic heterocycles. The van der Waals surface area contributed by atoms with E-state index in [4.69, 9.17) is 0 Å². The number of aryl methyl sites for hydroxylation is 4. The van der Waals surface area contributed by atoms with Crippen molar-refractivity contribution in [2.75, 3.05) is 0 Å². The number of benzene rings is 8. The quantitative estimate of drug-likeness (QED) is 0.140. The Morgan fingerprint density at radius 1 is 0.422 bits per heavy atom. The molecule has 64 heavy (non-hydrogen) atoms. The molecule has 0 spiro atoms. The number of hydrogen-bond acceptors (Lipinski definition) is 0. The van der Waals surface area contributed by atoms with Gasteiger partial charge in [0.1, 0.15) is 0 Å². The Morgan fingerprint density at radius 3 is 1.38 bits per heavy atom. The van der Waals surface area contributed by atoms with E-state index in [1.807, 2.05) is 0 Å². The molecule has 3 aliphatic rings. The molecule has 0 fully saturated rings. The molecule has 0 bridgehead atoms. The Balaban J connectivity index is 1.28. The van der Waals surface area contributed by atoms with Crippen molar-refractivity contribution in [3.05, 3.63) is 231 Å². The third kappa shape index (κ3) is 6.31. The molecule has 2 unspecified atom stereocenters. The molecular formula is C60H51Cl2SiZr. The van der Waals surface area contributed by atoms with Crippen LogP contribution in [-0.2, 0) is 16.4 Å². The second-order valence-corrected chi connectivity index (χ2v) is 41.2. The molecule has 8 aromatic carbocycles. The van der Waals surface area contributed by atoms with Crippen LogP contribution in [0, 0.1) is 41.5 Å². The average Bonchev–Trinajstić information content (AvgIpc) is 4.02. The molecule has 0 nitrogen and oxygen atoms in total. The van der Waals surface area contributed by atoms with Gasteiger partial charge in [0.15, 0.2) is 0 Å². The van der Waals surface area contributed by atoms with Gasteiger partial charge in [0.05, 0.1) is 0 Å². The van der Waals surface area contributed by atoms with Crippen molar-refractivity contribution in [3.8, 4) is 33.4 Å². The van der Waals surface area contributed by atoms with Gasteiger partial charge in [0.2, 0.25) is 0 Å². The minimum absolute atomic E-state index is 0.271. The van der Waals surface area contributed by atoms with E-state index in [1.165, 1.54) is 125 Å². The molecule has 0 amide bonds. The maximum absolute atomic E-state index is 9.58. The summed E-state index contributed by atoms with van der Waals surface area (Å²) in [5, 5.41) is 2.88. The van der Waals surface area contributed by atoms with Crippen LogP contribution in [0.1, 0.15) is 74.0 Å². The minimum atomic E-state index is -5.96. The van der Waals surface area contributed by atoms with E-state index in [9.17, 15) is 17.0 Å². The van der Waals surface area contributed by atoms with Gasteiger partial charge in [0.25, 0.3) is 0 Å². The van der Waals surface area contributed by atoms with Gasteiger partial charge in [-0.2, -0.15) is 0 Å². The number of halogens is 2. The fourth-order valence-electron chi connectivity index (χ4n) is 11.9. The standard InChI is InChI=1S/2C24H21.C12H9Si.2ClH.Zr/c2*1-16-12-17(2)18(3)23(13-16)22-11-7-10-20-14-21(15-24(20)22)19-8-5-4-6-9-19;1-3-7-11-9(5-1)10-6-2-4-8-12(10)13-11;;;/h2*4-15H,1-3H3;1-7H,13H2;2*1H;/q;;;;;+2/p-2. The van der Waals surface area contributed by atoms with Crippen LogP contribution in [0.4, 0.5) is 0 Å². The van der Waals surface area contributed by atoms with Gasteiger partial charge in [-0.05, 0) is 0 Å². The van der Waals surface area contributed by atoms with Gasteiger partial charge in [-0.25, -0.2) is 0 Å². The van der Waals surface area contributed by atoms with Crippen LogP contribution in [0.5, 0.6) is 0 Å². The zero-order valence-corrected chi connectivity index (χ0v) is 42.7. The van der Waals surface area contributed by atoms with Crippen LogP contribution in [0.15, 0.2) is 164 Å². The topological polar surface area (TPSA) is 0 Å². The summed E-state index contributed by atoms with van der Waals surface area (Å²) < 4.78 is 0.685. The average molecular weight is 962 g/mol. The Kier molecular flexibility index (Phi) is 10.1. The first kappa shape index (κ1) is 41.6. The van der Waals surface area contributed by atoms with Crippen LogP contribution in [0.3, 0.4) is 0 Å². The van der Waals surface area contributed by atoms with E-state index in [2.05, 4.69) is 217 Å². The molecule has 0 saturated heterocycles. The molecular weight excluding hydrogens is 911 g/mol. The summed E-state index contributed by atoms with van der Waals surface area (Å²) in [7, 11) is 18.2. The van der Waals surface area contributed by atoms with E-state index in [0.29, 0.717) is 0 Å². The molecule has 0 saturated carbocycles. The maximum atomic E-state index is 9.58. The van der Waals surface area contributed by atoms with Crippen molar-refractivity contribution < 1.29 is 16.4 Å². The molecule has 0 aromatic heterocycles. The van der Waals surface area contributed by atoms with Crippen LogP contribution < -0.4 is 13.6 Å². The molecule has 313 valence electrons. The normalized spacial score (nSPS) is 17.0. The van der Waals surface area contributed by atoms with E-state index >= 15 is 0 Å². The van der Waals surface area contributed by atoms with Crippen molar-refractivity contribution in [1.29, 1.82) is 0 Å². The van der Waals surface area contributed by atoms with Gasteiger partial charge in [-0.1, -0.05) is 0 Å². The van der Waals surface area contributed by atoms with E-state index in [0.717, 1.165) is 0 Å². The summed E-state index contributed by atoms with van der Waals surface area (Å²) in [6.07, 6.45) is 4.96. The third-order valence-electron chi connectivity index (χ3n) is 15.0. The van der Waals surface area contributed by atoms with Gasteiger partial charge in [-0.3, -0.25) is 0 Å². The van der Waals surface area contributed by atoms with Gasteiger partial charge < -0.3 is 0 Å². The monoisotopic (exact) mass is 959 g/mol. The molecule has 2 atom stereocenters. The van der Waals surface area contributed by atoms with Gasteiger partial charge >= 0.3 is 393 Å². The Morgan fingerprint density at radius 2 is 0.859 bits per heavy atom. The van der Waals surface area contributed by atoms with E-state index in [1.54, 1.807) is 0 Å². The van der Waals surface area contributed by atoms with Crippen LogP contribution >= 0.6 is 17.0 Å². The summed E-state index contributed by atoms with van der Waals surface area (Å²) in [5.74, 6) is 0. The predicted molar refractivity (Wildman–Crippen MR) is 277 cm³/mol. The fraction of sp³-hybridized carbons (Fsp3) is 0.133. The van der Waals surface area contributed by atoms with E-state index < -0.39 is 25.9 Å². The number of rotatable bonds is 7. The Bertz CT molecular complexity index is 3130. The van der Waals surface area contributed by atoms with E-state index in [-0.39, 0.29) is 7.25 Å². The predicted octanol–water partition coefficient (Wildman–Crippen LogP) is 14.2. The van der Waals surface area contributed by atoms with Gasteiger partial charge in [-0.15, -0.1) is 0 Å². The number of fused-ring (bicyclic) bond motifs is 5. The number of allylic oxidation sites excluding steroid dienone is 2. The molecule has 1 heterocycles. The molecule has 4 heteroatoms. The van der Waals surface area contributed by atoms with Crippen LogP contribution in [0.25, 0.3) is 56.7 Å². The summed E-state index contributed by atoms with van der Waals surface area (Å²) in [4.78, 5) is 0. The van der Waals surface area contributed by atoms with Gasteiger partial charge in [0, 0.05) is 0 Å². The SMILES string of the molecule is Cc1cc(C)c(C)c(-c2cccc3c2C=C(c2ccccc2)[CH]3[Zr]([Cl])([Cl])([c]2cccc3c2[SiH2]c2ccccc2-3)[CH]2C(c3ccccc3)=Cc3c(-c4cc(C)cc(C)c4C)cccc32)c1. The second kappa shape index (κ2) is 15.5. The summed E-state index contributed by atoms with van der Waals surface area (Å²) in [6.45, 7) is 13.4. The molecule has 0 N–H and O–H groups in total. The summed E-state index contributed by atoms with van der Waals surface area (Å²) >= 11 is -5.96. The van der Waals surface area contributed by atoms with Crippen molar-refractivity contribution in [2.24, 2.45) is 0 Å². The zero-order valence-electron chi connectivity index (χ0n) is 37.4. The fourth-order valence-corrected chi connectivity index (χ4v) is 38.9. The summed E-state index contributed by atoms with van der Waals surface area (Å²) in [5.41, 5.74) is 25.1. The first-order valence-corrected chi connectivity index (χ1v) is 34.5. The Labute approximate surface area is 389 Å². The first-order chi connectivity index (χ1) is 30.9. The molecule has 11 rings (SSSR count). The molecule has 0 radical (unpaired) electrons. The van der Waals surface area contributed by atoms with Crippen molar-refractivity contribution in [2.45, 2.75) is 48.8 Å². The van der Waals surface area contributed by atoms with Crippen LogP contribution in [-0.4, -0.2) is 9.52 Å². The molecule has 2 aliphatic carbocycles. The second-order valence-electron chi connectivity index (χ2n) is 18.7.